The van der Waals surface area contributed by atoms with Gasteiger partial charge in [0.05, 0.1) is 6.54 Å². The molecule has 0 aliphatic carbocycles. The minimum absolute atomic E-state index is 0.556. The van der Waals surface area contributed by atoms with Crippen LogP contribution in [0.5, 0.6) is 0 Å². The molecule has 2 aromatic heterocycles. The van der Waals surface area contributed by atoms with Gasteiger partial charge in [-0.05, 0) is 43.7 Å². The molecule has 3 rings (SSSR count). The van der Waals surface area contributed by atoms with Gasteiger partial charge in [-0.25, -0.2) is 0 Å². The van der Waals surface area contributed by atoms with Crippen LogP contribution in [0.1, 0.15) is 18.3 Å². The fourth-order valence-corrected chi connectivity index (χ4v) is 3.00. The number of pyridine rings is 1. The van der Waals surface area contributed by atoms with E-state index < -0.39 is 0 Å². The Kier molecular flexibility index (Phi) is 6.25. The summed E-state index contributed by atoms with van der Waals surface area (Å²) in [6.07, 6.45) is 1.96. The first-order chi connectivity index (χ1) is 13.2. The highest BCUT2D eigenvalue weighted by Crippen LogP contribution is 2.14. The number of hydrogen-bond donors (Lipinski definition) is 2. The smallest absolute Gasteiger partial charge is 0.191 e. The molecule has 2 N–H and O–H groups in total. The van der Waals surface area contributed by atoms with Crippen LogP contribution in [-0.4, -0.2) is 47.2 Å². The highest BCUT2D eigenvalue weighted by atomic mass is 15.3. The van der Waals surface area contributed by atoms with E-state index in [-0.39, 0.29) is 0 Å². The van der Waals surface area contributed by atoms with Crippen molar-refractivity contribution in [3.8, 4) is 0 Å². The molecule has 0 radical (unpaired) electrons. The van der Waals surface area contributed by atoms with E-state index in [1.54, 1.807) is 7.05 Å². The molecule has 0 spiro atoms. The maximum atomic E-state index is 4.30. The lowest BCUT2D eigenvalue weighted by Gasteiger charge is -2.24. The summed E-state index contributed by atoms with van der Waals surface area (Å²) >= 11 is 0. The Balaban J connectivity index is 1.51. The largest absolute Gasteiger partial charge is 0.370 e. The number of benzene rings is 1. The fourth-order valence-electron chi connectivity index (χ4n) is 3.00. The van der Waals surface area contributed by atoms with Crippen molar-refractivity contribution in [1.82, 2.24) is 25.2 Å². The van der Waals surface area contributed by atoms with E-state index in [4.69, 9.17) is 0 Å². The Morgan fingerprint density at radius 1 is 1.15 bits per heavy atom. The van der Waals surface area contributed by atoms with Gasteiger partial charge in [-0.1, -0.05) is 18.2 Å². The molecule has 0 saturated heterocycles. The summed E-state index contributed by atoms with van der Waals surface area (Å²) in [5, 5.41) is 15.1. The van der Waals surface area contributed by atoms with Crippen LogP contribution >= 0.6 is 0 Å². The highest BCUT2D eigenvalue weighted by molar-refractivity contribution is 5.79. The van der Waals surface area contributed by atoms with Gasteiger partial charge >= 0.3 is 0 Å². The molecule has 0 bridgehead atoms. The van der Waals surface area contributed by atoms with Gasteiger partial charge in [-0.2, -0.15) is 0 Å². The van der Waals surface area contributed by atoms with E-state index in [0.29, 0.717) is 6.54 Å². The summed E-state index contributed by atoms with van der Waals surface area (Å²) in [6, 6.07) is 14.5. The molecule has 2 heterocycles. The summed E-state index contributed by atoms with van der Waals surface area (Å²) in [6.45, 7) is 7.50. The molecule has 0 aliphatic heterocycles. The Morgan fingerprint density at radius 2 is 2.04 bits per heavy atom. The lowest BCUT2D eigenvalue weighted by Crippen LogP contribution is -2.41. The monoisotopic (exact) mass is 365 g/mol. The topological polar surface area (TPSA) is 69.8 Å². The molecule has 3 aromatic rings. The molecule has 0 fully saturated rings. The van der Waals surface area contributed by atoms with Crippen LogP contribution in [0, 0.1) is 6.92 Å². The van der Waals surface area contributed by atoms with E-state index in [1.165, 1.54) is 11.3 Å². The third-order valence-electron chi connectivity index (χ3n) is 4.44. The molecule has 7 heteroatoms. The quantitative estimate of drug-likeness (QED) is 0.496. The normalized spacial score (nSPS) is 11.6. The SMILES string of the molecule is CCN(CCNC(=NC)NCc1nnc2ccccn12)c1cccc(C)c1. The van der Waals surface area contributed by atoms with E-state index in [2.05, 4.69) is 68.8 Å². The molecule has 27 heavy (non-hydrogen) atoms. The van der Waals surface area contributed by atoms with Crippen LogP contribution in [0.15, 0.2) is 53.7 Å². The number of aromatic nitrogens is 3. The highest BCUT2D eigenvalue weighted by Gasteiger charge is 2.07. The first kappa shape index (κ1) is 18.7. The number of likely N-dealkylation sites (N-methyl/N-ethyl adjacent to an activating group) is 1. The summed E-state index contributed by atoms with van der Waals surface area (Å²) in [4.78, 5) is 6.64. The summed E-state index contributed by atoms with van der Waals surface area (Å²) in [5.74, 6) is 1.60. The molecular weight excluding hydrogens is 338 g/mol. The van der Waals surface area contributed by atoms with Crippen molar-refractivity contribution in [3.63, 3.8) is 0 Å². The molecular formula is C20H27N7. The zero-order valence-corrected chi connectivity index (χ0v) is 16.2. The molecule has 0 amide bonds. The van der Waals surface area contributed by atoms with Gasteiger partial charge in [-0.3, -0.25) is 9.39 Å². The van der Waals surface area contributed by atoms with Gasteiger partial charge < -0.3 is 15.5 Å². The minimum Gasteiger partial charge on any atom is -0.370 e. The first-order valence-electron chi connectivity index (χ1n) is 9.26. The van der Waals surface area contributed by atoms with E-state index in [1.807, 2.05) is 28.8 Å². The van der Waals surface area contributed by atoms with Crippen LogP contribution in [0.3, 0.4) is 0 Å². The van der Waals surface area contributed by atoms with Crippen LogP contribution in [-0.2, 0) is 6.54 Å². The van der Waals surface area contributed by atoms with Crippen molar-refractivity contribution in [1.29, 1.82) is 0 Å². The van der Waals surface area contributed by atoms with Gasteiger partial charge in [0, 0.05) is 38.6 Å². The number of nitrogens with zero attached hydrogens (tertiary/aromatic N) is 5. The summed E-state index contributed by atoms with van der Waals surface area (Å²) in [7, 11) is 1.77. The van der Waals surface area contributed by atoms with Gasteiger partial charge in [0.15, 0.2) is 17.4 Å². The number of guanidine groups is 1. The molecule has 7 nitrogen and oxygen atoms in total. The second kappa shape index (κ2) is 9.02. The minimum atomic E-state index is 0.556. The van der Waals surface area contributed by atoms with E-state index in [0.717, 1.165) is 37.1 Å². The second-order valence-corrected chi connectivity index (χ2v) is 6.32. The lowest BCUT2D eigenvalue weighted by molar-refractivity contribution is 0.734. The molecule has 0 unspecified atom stereocenters. The van der Waals surface area contributed by atoms with E-state index >= 15 is 0 Å². The van der Waals surface area contributed by atoms with E-state index in [9.17, 15) is 0 Å². The number of rotatable bonds is 7. The fraction of sp³-hybridized carbons (Fsp3) is 0.350. The standard InChI is InChI=1S/C20H27N7/c1-4-26(17-9-7-8-16(2)14-17)13-11-22-20(21-3)23-15-19-25-24-18-10-5-6-12-27(18)19/h5-10,12,14H,4,11,13,15H2,1-3H3,(H2,21,22,23). The summed E-state index contributed by atoms with van der Waals surface area (Å²) in [5.41, 5.74) is 3.36. The Morgan fingerprint density at radius 3 is 2.81 bits per heavy atom. The molecule has 0 aliphatic rings. The van der Waals surface area contributed by atoms with Gasteiger partial charge in [0.1, 0.15) is 0 Å². The Labute approximate surface area is 160 Å². The number of nitrogens with one attached hydrogen (secondary N) is 2. The molecule has 142 valence electrons. The van der Waals surface area contributed by atoms with Gasteiger partial charge in [-0.15, -0.1) is 10.2 Å². The predicted molar refractivity (Wildman–Crippen MR) is 110 cm³/mol. The van der Waals surface area contributed by atoms with Crippen molar-refractivity contribution < 1.29 is 0 Å². The summed E-state index contributed by atoms with van der Waals surface area (Å²) < 4.78 is 1.97. The van der Waals surface area contributed by atoms with Gasteiger partial charge in [0.2, 0.25) is 0 Å². The first-order valence-corrected chi connectivity index (χ1v) is 9.26. The Bertz CT molecular complexity index is 900. The molecule has 1 aromatic carbocycles. The average Bonchev–Trinajstić information content (AvgIpc) is 3.11. The zero-order chi connectivity index (χ0) is 19.1. The number of fused-ring (bicyclic) bond motifs is 1. The van der Waals surface area contributed by atoms with Crippen molar-refractivity contribution in [2.45, 2.75) is 20.4 Å². The van der Waals surface area contributed by atoms with Gasteiger partial charge in [0.25, 0.3) is 0 Å². The maximum Gasteiger partial charge on any atom is 0.191 e. The number of aliphatic imine (C=N–C) groups is 1. The van der Waals surface area contributed by atoms with Crippen molar-refractivity contribution in [2.75, 3.05) is 31.6 Å². The molecule has 0 saturated carbocycles. The maximum absolute atomic E-state index is 4.30. The third kappa shape index (κ3) is 4.75. The second-order valence-electron chi connectivity index (χ2n) is 6.32. The zero-order valence-electron chi connectivity index (χ0n) is 16.2. The molecule has 0 atom stereocenters. The predicted octanol–water partition coefficient (Wildman–Crippen LogP) is 2.23. The van der Waals surface area contributed by atoms with Crippen LogP contribution in [0.2, 0.25) is 0 Å². The Hall–Kier alpha value is -3.09. The lowest BCUT2D eigenvalue weighted by atomic mass is 10.2. The van der Waals surface area contributed by atoms with Crippen LogP contribution in [0.4, 0.5) is 5.69 Å². The third-order valence-corrected chi connectivity index (χ3v) is 4.44. The number of hydrogen-bond acceptors (Lipinski definition) is 4. The van der Waals surface area contributed by atoms with Crippen LogP contribution in [0.25, 0.3) is 5.65 Å². The average molecular weight is 365 g/mol. The van der Waals surface area contributed by atoms with Crippen molar-refractivity contribution in [2.24, 2.45) is 4.99 Å². The number of anilines is 1. The van der Waals surface area contributed by atoms with Crippen LogP contribution < -0.4 is 15.5 Å². The van der Waals surface area contributed by atoms with Crippen molar-refractivity contribution >= 4 is 17.3 Å². The van der Waals surface area contributed by atoms with Crippen molar-refractivity contribution in [3.05, 3.63) is 60.0 Å². The number of aryl methyl sites for hydroxylation is 1.